The number of nitrogens with zero attached hydrogens (tertiary/aromatic N) is 1. The third-order valence-corrected chi connectivity index (χ3v) is 1.58. The number of hydrogen-bond donors (Lipinski definition) is 1. The van der Waals surface area contributed by atoms with E-state index >= 15 is 0 Å². The molecule has 0 saturated carbocycles. The molecule has 0 atom stereocenters. The van der Waals surface area contributed by atoms with Gasteiger partial charge in [0, 0.05) is 6.07 Å². The first-order valence-corrected chi connectivity index (χ1v) is 4.92. The second-order valence-corrected chi connectivity index (χ2v) is 2.53. The molecule has 0 aliphatic rings. The SMILES string of the molecule is CC.CCOc1cc([N+](=O)[O-])c(N)cc1F. The van der Waals surface area contributed by atoms with Gasteiger partial charge in [-0.05, 0) is 6.92 Å². The third-order valence-electron chi connectivity index (χ3n) is 1.58. The molecule has 1 aromatic rings. The van der Waals surface area contributed by atoms with E-state index < -0.39 is 10.7 Å². The number of anilines is 1. The third kappa shape index (κ3) is 3.38. The Morgan fingerprint density at radius 2 is 2.06 bits per heavy atom. The van der Waals surface area contributed by atoms with E-state index in [4.69, 9.17) is 10.5 Å². The lowest BCUT2D eigenvalue weighted by atomic mass is 10.2. The standard InChI is InChI=1S/C8H9FN2O3.C2H6/c1-2-14-8-4-7(11(12)13)6(10)3-5(8)9;1-2/h3-4H,2,10H2,1H3;1-2H3. The van der Waals surface area contributed by atoms with E-state index in [0.717, 1.165) is 12.1 Å². The molecule has 0 saturated heterocycles. The van der Waals surface area contributed by atoms with Gasteiger partial charge in [0.2, 0.25) is 0 Å². The molecule has 1 aromatic carbocycles. The van der Waals surface area contributed by atoms with Crippen LogP contribution in [0.2, 0.25) is 0 Å². The number of nitrogens with two attached hydrogens (primary N) is 1. The molecule has 0 heterocycles. The molecule has 0 fully saturated rings. The van der Waals surface area contributed by atoms with Crippen LogP contribution in [0.15, 0.2) is 12.1 Å². The summed E-state index contributed by atoms with van der Waals surface area (Å²) in [5.41, 5.74) is 4.69. The molecule has 0 unspecified atom stereocenters. The van der Waals surface area contributed by atoms with Crippen LogP contribution in [0, 0.1) is 15.9 Å². The summed E-state index contributed by atoms with van der Waals surface area (Å²) < 4.78 is 17.9. The summed E-state index contributed by atoms with van der Waals surface area (Å²) in [6, 6.07) is 1.86. The predicted molar refractivity (Wildman–Crippen MR) is 60.0 cm³/mol. The van der Waals surface area contributed by atoms with Gasteiger partial charge < -0.3 is 10.5 Å². The highest BCUT2D eigenvalue weighted by atomic mass is 19.1. The Morgan fingerprint density at radius 3 is 2.50 bits per heavy atom. The monoisotopic (exact) mass is 230 g/mol. The lowest BCUT2D eigenvalue weighted by Gasteiger charge is -2.05. The normalized spacial score (nSPS) is 9.00. The zero-order valence-corrected chi connectivity index (χ0v) is 9.49. The van der Waals surface area contributed by atoms with Crippen LogP contribution in [0.1, 0.15) is 20.8 Å². The summed E-state index contributed by atoms with van der Waals surface area (Å²) in [6.45, 7) is 5.89. The minimum absolute atomic E-state index is 0.159. The molecule has 0 spiro atoms. The fourth-order valence-corrected chi connectivity index (χ4v) is 0.982. The lowest BCUT2D eigenvalue weighted by molar-refractivity contribution is -0.384. The Morgan fingerprint density at radius 1 is 1.50 bits per heavy atom. The van der Waals surface area contributed by atoms with E-state index in [1.165, 1.54) is 0 Å². The van der Waals surface area contributed by atoms with Crippen LogP contribution in [-0.4, -0.2) is 11.5 Å². The van der Waals surface area contributed by atoms with E-state index in [-0.39, 0.29) is 23.7 Å². The van der Waals surface area contributed by atoms with E-state index in [1.807, 2.05) is 13.8 Å². The van der Waals surface area contributed by atoms with Crippen LogP contribution < -0.4 is 10.5 Å². The van der Waals surface area contributed by atoms with Crippen molar-refractivity contribution in [3.05, 3.63) is 28.1 Å². The summed E-state index contributed by atoms with van der Waals surface area (Å²) in [6.07, 6.45) is 0. The maximum atomic E-state index is 13.1. The molecule has 0 radical (unpaired) electrons. The molecular formula is C10H15FN2O3. The number of nitrogen functional groups attached to an aromatic ring is 1. The molecule has 0 amide bonds. The maximum absolute atomic E-state index is 13.1. The van der Waals surface area contributed by atoms with Crippen LogP contribution in [-0.2, 0) is 0 Å². The zero-order chi connectivity index (χ0) is 12.7. The fourth-order valence-electron chi connectivity index (χ4n) is 0.982. The average molecular weight is 230 g/mol. The van der Waals surface area contributed by atoms with Crippen molar-refractivity contribution in [2.45, 2.75) is 20.8 Å². The number of nitro benzene ring substituents is 1. The molecule has 1 rings (SSSR count). The van der Waals surface area contributed by atoms with Crippen LogP contribution in [0.5, 0.6) is 5.75 Å². The van der Waals surface area contributed by atoms with Gasteiger partial charge in [-0.15, -0.1) is 0 Å². The summed E-state index contributed by atoms with van der Waals surface area (Å²) in [7, 11) is 0. The Bertz CT molecular complexity index is 369. The lowest BCUT2D eigenvalue weighted by Crippen LogP contribution is -2.00. The minimum atomic E-state index is -0.699. The molecule has 2 N–H and O–H groups in total. The zero-order valence-electron chi connectivity index (χ0n) is 9.49. The van der Waals surface area contributed by atoms with Crippen molar-refractivity contribution in [2.75, 3.05) is 12.3 Å². The molecule has 0 aromatic heterocycles. The number of benzene rings is 1. The Balaban J connectivity index is 0.00000106. The van der Waals surface area contributed by atoms with E-state index in [0.29, 0.717) is 0 Å². The number of rotatable bonds is 3. The van der Waals surface area contributed by atoms with Gasteiger partial charge in [-0.1, -0.05) is 13.8 Å². The van der Waals surface area contributed by atoms with Crippen molar-refractivity contribution in [3.63, 3.8) is 0 Å². The van der Waals surface area contributed by atoms with Crippen molar-refractivity contribution in [1.82, 2.24) is 0 Å². The first-order chi connectivity index (χ1) is 7.56. The summed E-state index contributed by atoms with van der Waals surface area (Å²) >= 11 is 0. The molecule has 0 aliphatic carbocycles. The highest BCUT2D eigenvalue weighted by molar-refractivity contribution is 5.61. The van der Waals surface area contributed by atoms with Gasteiger partial charge >= 0.3 is 0 Å². The molecular weight excluding hydrogens is 215 g/mol. The molecule has 0 aliphatic heterocycles. The van der Waals surface area contributed by atoms with E-state index in [1.54, 1.807) is 6.92 Å². The van der Waals surface area contributed by atoms with Crippen LogP contribution in [0.3, 0.4) is 0 Å². The summed E-state index contributed by atoms with van der Waals surface area (Å²) in [5, 5.41) is 10.4. The van der Waals surface area contributed by atoms with Gasteiger partial charge in [-0.25, -0.2) is 4.39 Å². The largest absolute Gasteiger partial charge is 0.491 e. The van der Waals surface area contributed by atoms with Crippen LogP contribution in [0.4, 0.5) is 15.8 Å². The van der Waals surface area contributed by atoms with Gasteiger partial charge in [0.1, 0.15) is 5.69 Å². The van der Waals surface area contributed by atoms with E-state index in [2.05, 4.69) is 0 Å². The molecule has 6 heteroatoms. The number of hydrogen-bond acceptors (Lipinski definition) is 4. The number of ether oxygens (including phenoxy) is 1. The predicted octanol–water partition coefficient (Wildman–Crippen LogP) is 2.74. The van der Waals surface area contributed by atoms with Crippen molar-refractivity contribution in [1.29, 1.82) is 0 Å². The molecule has 90 valence electrons. The van der Waals surface area contributed by atoms with Gasteiger partial charge in [-0.2, -0.15) is 0 Å². The van der Waals surface area contributed by atoms with Crippen molar-refractivity contribution in [2.24, 2.45) is 0 Å². The Kier molecular flexibility index (Phi) is 5.84. The number of nitro groups is 1. The molecule has 5 nitrogen and oxygen atoms in total. The Hall–Kier alpha value is -1.85. The first-order valence-electron chi connectivity index (χ1n) is 4.92. The smallest absolute Gasteiger partial charge is 0.296 e. The molecule has 16 heavy (non-hydrogen) atoms. The van der Waals surface area contributed by atoms with Crippen molar-refractivity contribution in [3.8, 4) is 5.75 Å². The number of halogens is 1. The highest BCUT2D eigenvalue weighted by Gasteiger charge is 2.16. The summed E-state index contributed by atoms with van der Waals surface area (Å²) in [4.78, 5) is 9.75. The van der Waals surface area contributed by atoms with Crippen molar-refractivity contribution >= 4 is 11.4 Å². The quantitative estimate of drug-likeness (QED) is 0.492. The van der Waals surface area contributed by atoms with E-state index in [9.17, 15) is 14.5 Å². The van der Waals surface area contributed by atoms with Gasteiger partial charge in [-0.3, -0.25) is 10.1 Å². The minimum Gasteiger partial charge on any atom is -0.491 e. The summed E-state index contributed by atoms with van der Waals surface area (Å²) in [5.74, 6) is -0.858. The maximum Gasteiger partial charge on any atom is 0.296 e. The average Bonchev–Trinajstić information content (AvgIpc) is 2.24. The van der Waals surface area contributed by atoms with Crippen molar-refractivity contribution < 1.29 is 14.1 Å². The topological polar surface area (TPSA) is 78.4 Å². The van der Waals surface area contributed by atoms with Gasteiger partial charge in [0.05, 0.1) is 17.6 Å². The van der Waals surface area contributed by atoms with Gasteiger partial charge in [0.25, 0.3) is 5.69 Å². The second kappa shape index (κ2) is 6.60. The fraction of sp³-hybridized carbons (Fsp3) is 0.400. The second-order valence-electron chi connectivity index (χ2n) is 2.53. The van der Waals surface area contributed by atoms with Crippen LogP contribution >= 0.6 is 0 Å². The van der Waals surface area contributed by atoms with Crippen LogP contribution in [0.25, 0.3) is 0 Å². The first kappa shape index (κ1) is 14.2. The highest BCUT2D eigenvalue weighted by Crippen LogP contribution is 2.29. The molecule has 0 bridgehead atoms. The van der Waals surface area contributed by atoms with Gasteiger partial charge in [0.15, 0.2) is 11.6 Å². The Labute approximate surface area is 93.2 Å².